The zero-order valence-corrected chi connectivity index (χ0v) is 14.8. The van der Waals surface area contributed by atoms with Crippen molar-refractivity contribution < 1.29 is 4.74 Å². The third-order valence-corrected chi connectivity index (χ3v) is 4.24. The van der Waals surface area contributed by atoms with E-state index in [4.69, 9.17) is 4.74 Å². The van der Waals surface area contributed by atoms with E-state index in [1.54, 1.807) is 7.11 Å². The fourth-order valence-electron chi connectivity index (χ4n) is 3.45. The van der Waals surface area contributed by atoms with Crippen molar-refractivity contribution in [2.45, 2.75) is 66.3 Å². The van der Waals surface area contributed by atoms with Crippen molar-refractivity contribution in [1.29, 1.82) is 0 Å². The van der Waals surface area contributed by atoms with Crippen molar-refractivity contribution in [3.05, 3.63) is 28.8 Å². The van der Waals surface area contributed by atoms with Gasteiger partial charge in [0.1, 0.15) is 5.75 Å². The van der Waals surface area contributed by atoms with Crippen LogP contribution in [0.1, 0.15) is 69.2 Å². The number of hydrogen-bond donors (Lipinski definition) is 1. The van der Waals surface area contributed by atoms with Gasteiger partial charge in [-0.15, -0.1) is 0 Å². The maximum Gasteiger partial charge on any atom is 0.124 e. The molecule has 0 heterocycles. The van der Waals surface area contributed by atoms with Gasteiger partial charge in [0.05, 0.1) is 7.11 Å². The van der Waals surface area contributed by atoms with E-state index in [2.05, 4.69) is 52.1 Å². The molecule has 0 aromatic heterocycles. The van der Waals surface area contributed by atoms with E-state index in [-0.39, 0.29) is 0 Å². The maximum atomic E-state index is 5.70. The smallest absolute Gasteiger partial charge is 0.124 e. The van der Waals surface area contributed by atoms with Gasteiger partial charge in [0.15, 0.2) is 0 Å². The Hall–Kier alpha value is -1.02. The number of ether oxygens (including phenoxy) is 1. The van der Waals surface area contributed by atoms with Crippen molar-refractivity contribution in [2.75, 3.05) is 13.7 Å². The summed E-state index contributed by atoms with van der Waals surface area (Å²) in [6.07, 6.45) is 5.00. The minimum Gasteiger partial charge on any atom is -0.496 e. The van der Waals surface area contributed by atoms with E-state index in [1.807, 2.05) is 0 Å². The molecule has 120 valence electrons. The molecule has 0 aliphatic heterocycles. The fourth-order valence-corrected chi connectivity index (χ4v) is 3.45. The molecule has 1 aromatic rings. The molecule has 0 fully saturated rings. The molecular weight excluding hydrogens is 258 g/mol. The largest absolute Gasteiger partial charge is 0.496 e. The normalized spacial score (nSPS) is 12.7. The first-order chi connectivity index (χ1) is 10.1. The van der Waals surface area contributed by atoms with Crippen LogP contribution in [0.25, 0.3) is 0 Å². The Bertz CT molecular complexity index is 422. The lowest BCUT2D eigenvalue weighted by atomic mass is 9.83. The summed E-state index contributed by atoms with van der Waals surface area (Å²) < 4.78 is 5.70. The van der Waals surface area contributed by atoms with E-state index in [1.165, 1.54) is 42.4 Å². The Balaban J connectivity index is 3.25. The Morgan fingerprint density at radius 3 is 2.14 bits per heavy atom. The molecule has 0 spiro atoms. The predicted molar refractivity (Wildman–Crippen MR) is 92.2 cm³/mol. The molecule has 2 heteroatoms. The van der Waals surface area contributed by atoms with Crippen LogP contribution in [0.2, 0.25) is 0 Å². The van der Waals surface area contributed by atoms with Crippen molar-refractivity contribution in [2.24, 2.45) is 5.92 Å². The molecule has 0 aliphatic rings. The second kappa shape index (κ2) is 9.09. The molecular formula is C19H33NO. The van der Waals surface area contributed by atoms with Gasteiger partial charge in [0.25, 0.3) is 0 Å². The highest BCUT2D eigenvalue weighted by atomic mass is 16.5. The number of benzene rings is 1. The summed E-state index contributed by atoms with van der Waals surface area (Å²) >= 11 is 0. The molecule has 1 N–H and O–H groups in total. The van der Waals surface area contributed by atoms with E-state index in [0.717, 1.165) is 12.3 Å². The van der Waals surface area contributed by atoms with Crippen LogP contribution < -0.4 is 10.1 Å². The number of aryl methyl sites for hydroxylation is 2. The number of nitrogens with one attached hydrogen (secondary N) is 1. The number of hydrogen-bond acceptors (Lipinski definition) is 2. The lowest BCUT2D eigenvalue weighted by molar-refractivity contribution is 0.307. The van der Waals surface area contributed by atoms with Crippen LogP contribution in [0.4, 0.5) is 0 Å². The summed E-state index contributed by atoms with van der Waals surface area (Å²) in [6.45, 7) is 12.1. The van der Waals surface area contributed by atoms with Crippen molar-refractivity contribution in [1.82, 2.24) is 5.32 Å². The third-order valence-electron chi connectivity index (χ3n) is 4.24. The molecule has 1 unspecified atom stereocenters. The van der Waals surface area contributed by atoms with Gasteiger partial charge in [0, 0.05) is 11.6 Å². The van der Waals surface area contributed by atoms with E-state index >= 15 is 0 Å². The Kier molecular flexibility index (Phi) is 7.81. The Morgan fingerprint density at radius 1 is 1.05 bits per heavy atom. The first kappa shape index (κ1) is 18.0. The second-order valence-electron chi connectivity index (χ2n) is 6.07. The van der Waals surface area contributed by atoms with E-state index < -0.39 is 0 Å². The monoisotopic (exact) mass is 291 g/mol. The first-order valence-corrected chi connectivity index (χ1v) is 8.47. The second-order valence-corrected chi connectivity index (χ2v) is 6.07. The predicted octanol–water partition coefficient (Wildman–Crippen LogP) is 5.18. The molecule has 0 bridgehead atoms. The van der Waals surface area contributed by atoms with Crippen molar-refractivity contribution in [3.63, 3.8) is 0 Å². The SMILES string of the molecule is CCCC(CCC)C(NCC)c1c(C)cc(C)cc1OC. The average molecular weight is 291 g/mol. The van der Waals surface area contributed by atoms with Crippen LogP contribution in [0.15, 0.2) is 12.1 Å². The summed E-state index contributed by atoms with van der Waals surface area (Å²) in [6, 6.07) is 4.84. The number of rotatable bonds is 9. The van der Waals surface area contributed by atoms with Crippen LogP contribution in [0, 0.1) is 19.8 Å². The van der Waals surface area contributed by atoms with Gasteiger partial charge >= 0.3 is 0 Å². The molecule has 1 rings (SSSR count). The maximum absolute atomic E-state index is 5.70. The standard InChI is InChI=1S/C19H33NO/c1-7-10-16(11-8-2)19(20-9-3)18-15(5)12-14(4)13-17(18)21-6/h12-13,16,19-20H,7-11H2,1-6H3. The highest BCUT2D eigenvalue weighted by Crippen LogP contribution is 2.37. The van der Waals surface area contributed by atoms with E-state index in [9.17, 15) is 0 Å². The first-order valence-electron chi connectivity index (χ1n) is 8.47. The molecule has 0 amide bonds. The van der Waals surface area contributed by atoms with Crippen LogP contribution >= 0.6 is 0 Å². The van der Waals surface area contributed by atoms with Gasteiger partial charge in [-0.3, -0.25) is 0 Å². The quantitative estimate of drug-likeness (QED) is 0.677. The highest BCUT2D eigenvalue weighted by Gasteiger charge is 2.25. The van der Waals surface area contributed by atoms with Crippen molar-refractivity contribution in [3.8, 4) is 5.75 Å². The molecule has 21 heavy (non-hydrogen) atoms. The van der Waals surface area contributed by atoms with Gasteiger partial charge in [-0.2, -0.15) is 0 Å². The Morgan fingerprint density at radius 2 is 1.67 bits per heavy atom. The van der Waals surface area contributed by atoms with Crippen molar-refractivity contribution >= 4 is 0 Å². The summed E-state index contributed by atoms with van der Waals surface area (Å²) in [5.41, 5.74) is 3.97. The summed E-state index contributed by atoms with van der Waals surface area (Å²) in [5, 5.41) is 3.72. The Labute approximate surface area is 131 Å². The van der Waals surface area contributed by atoms with Crippen LogP contribution in [0.3, 0.4) is 0 Å². The third kappa shape index (κ3) is 4.74. The zero-order valence-electron chi connectivity index (χ0n) is 14.8. The number of methoxy groups -OCH3 is 1. The van der Waals surface area contributed by atoms with Crippen LogP contribution in [-0.4, -0.2) is 13.7 Å². The molecule has 0 saturated carbocycles. The van der Waals surface area contributed by atoms with Gasteiger partial charge in [-0.1, -0.05) is 39.7 Å². The summed E-state index contributed by atoms with van der Waals surface area (Å²) in [7, 11) is 1.79. The van der Waals surface area contributed by atoms with Gasteiger partial charge < -0.3 is 10.1 Å². The molecule has 1 aromatic carbocycles. The minimum absolute atomic E-state index is 0.394. The van der Waals surface area contributed by atoms with Crippen LogP contribution in [-0.2, 0) is 0 Å². The average Bonchev–Trinajstić information content (AvgIpc) is 2.44. The molecule has 0 saturated heterocycles. The summed E-state index contributed by atoms with van der Waals surface area (Å²) in [4.78, 5) is 0. The highest BCUT2D eigenvalue weighted by molar-refractivity contribution is 5.45. The molecule has 0 radical (unpaired) electrons. The molecule has 1 atom stereocenters. The zero-order chi connectivity index (χ0) is 15.8. The van der Waals surface area contributed by atoms with Crippen LogP contribution in [0.5, 0.6) is 5.75 Å². The van der Waals surface area contributed by atoms with Gasteiger partial charge in [-0.05, 0) is 56.3 Å². The molecule has 0 aliphatic carbocycles. The van der Waals surface area contributed by atoms with Gasteiger partial charge in [0.2, 0.25) is 0 Å². The lowest BCUT2D eigenvalue weighted by Gasteiger charge is -2.30. The lowest BCUT2D eigenvalue weighted by Crippen LogP contribution is -2.29. The topological polar surface area (TPSA) is 21.3 Å². The minimum atomic E-state index is 0.394. The van der Waals surface area contributed by atoms with Gasteiger partial charge in [-0.25, -0.2) is 0 Å². The fraction of sp³-hybridized carbons (Fsp3) is 0.684. The van der Waals surface area contributed by atoms with E-state index in [0.29, 0.717) is 12.0 Å². The summed E-state index contributed by atoms with van der Waals surface area (Å²) in [5.74, 6) is 1.71. The molecule has 2 nitrogen and oxygen atoms in total.